The van der Waals surface area contributed by atoms with Gasteiger partial charge in [0.1, 0.15) is 6.10 Å². The van der Waals surface area contributed by atoms with Gasteiger partial charge in [-0.05, 0) is 30.0 Å². The van der Waals surface area contributed by atoms with Crippen LogP contribution in [0.15, 0.2) is 30.6 Å². The Bertz CT molecular complexity index is 993. The van der Waals surface area contributed by atoms with Crippen LogP contribution in [0.3, 0.4) is 0 Å². The molecule has 0 saturated carbocycles. The van der Waals surface area contributed by atoms with Crippen molar-refractivity contribution in [1.82, 2.24) is 14.9 Å². The van der Waals surface area contributed by atoms with E-state index in [1.807, 2.05) is 13.8 Å². The highest BCUT2D eigenvalue weighted by molar-refractivity contribution is 6.02. The quantitative estimate of drug-likeness (QED) is 0.640. The topological polar surface area (TPSA) is 104 Å². The van der Waals surface area contributed by atoms with Crippen LogP contribution < -0.4 is 0 Å². The van der Waals surface area contributed by atoms with Crippen LogP contribution in [0, 0.1) is 5.92 Å². The fourth-order valence-corrected chi connectivity index (χ4v) is 3.77. The van der Waals surface area contributed by atoms with Gasteiger partial charge in [-0.1, -0.05) is 19.9 Å². The summed E-state index contributed by atoms with van der Waals surface area (Å²) < 4.78 is 40.3. The molecular formula is C22H24F3N3O4. The molecular weight excluding hydrogens is 427 g/mol. The molecule has 0 aliphatic carbocycles. The number of Topliss-reactive ketones (excluding diaryl/α,β-unsaturated/α-hetero) is 1. The van der Waals surface area contributed by atoms with E-state index in [9.17, 15) is 27.9 Å². The summed E-state index contributed by atoms with van der Waals surface area (Å²) in [4.78, 5) is 35.3. The number of halogens is 3. The van der Waals surface area contributed by atoms with Gasteiger partial charge < -0.3 is 15.1 Å². The summed E-state index contributed by atoms with van der Waals surface area (Å²) in [5.74, 6) is -0.952. The minimum atomic E-state index is -4.60. The average molecular weight is 451 g/mol. The molecule has 32 heavy (non-hydrogen) atoms. The first-order chi connectivity index (χ1) is 15.0. The van der Waals surface area contributed by atoms with E-state index in [1.54, 1.807) is 0 Å². The van der Waals surface area contributed by atoms with Gasteiger partial charge >= 0.3 is 6.18 Å². The van der Waals surface area contributed by atoms with E-state index in [0.717, 1.165) is 6.07 Å². The Labute approximate surface area is 182 Å². The van der Waals surface area contributed by atoms with Crippen LogP contribution in [-0.2, 0) is 23.9 Å². The van der Waals surface area contributed by atoms with Crippen molar-refractivity contribution in [2.75, 3.05) is 6.61 Å². The molecule has 2 N–H and O–H groups in total. The van der Waals surface area contributed by atoms with E-state index in [2.05, 4.69) is 9.97 Å². The monoisotopic (exact) mass is 451 g/mol. The van der Waals surface area contributed by atoms with E-state index in [-0.39, 0.29) is 53.6 Å². The molecule has 2 heterocycles. The van der Waals surface area contributed by atoms with Gasteiger partial charge in [-0.25, -0.2) is 0 Å². The molecule has 10 heteroatoms. The predicted octanol–water partition coefficient (Wildman–Crippen LogP) is 2.70. The van der Waals surface area contributed by atoms with E-state index in [0.29, 0.717) is 0 Å². The lowest BCUT2D eigenvalue weighted by molar-refractivity contribution is -0.138. The van der Waals surface area contributed by atoms with Crippen molar-refractivity contribution in [3.8, 4) is 0 Å². The highest BCUT2D eigenvalue weighted by Gasteiger charge is 2.42. The number of aliphatic hydroxyl groups excluding tert-OH is 2. The van der Waals surface area contributed by atoms with Crippen molar-refractivity contribution in [2.24, 2.45) is 5.92 Å². The largest absolute Gasteiger partial charge is 0.416 e. The summed E-state index contributed by atoms with van der Waals surface area (Å²) >= 11 is 0. The van der Waals surface area contributed by atoms with Crippen molar-refractivity contribution < 1.29 is 33.0 Å². The number of hydrogen-bond donors (Lipinski definition) is 2. The smallest absolute Gasteiger partial charge is 0.393 e. The second-order valence-electron chi connectivity index (χ2n) is 8.18. The predicted molar refractivity (Wildman–Crippen MR) is 107 cm³/mol. The van der Waals surface area contributed by atoms with Crippen LogP contribution in [0.1, 0.15) is 59.2 Å². The third kappa shape index (κ3) is 4.97. The molecule has 0 unspecified atom stereocenters. The Hall–Kier alpha value is -2.85. The molecule has 1 aliphatic rings. The van der Waals surface area contributed by atoms with Crippen molar-refractivity contribution in [3.05, 3.63) is 58.7 Å². The molecule has 172 valence electrons. The SMILES string of the molecule is CC(C)C[C@@H](C(=O)Cc1cnc([C@H](O)CO)cn1)N1Cc2c(cccc2C(F)(F)F)C1=O. The van der Waals surface area contributed by atoms with E-state index >= 15 is 0 Å². The van der Waals surface area contributed by atoms with Gasteiger partial charge in [0.2, 0.25) is 0 Å². The summed E-state index contributed by atoms with van der Waals surface area (Å²) in [6.07, 6.45) is -3.14. The second-order valence-corrected chi connectivity index (χ2v) is 8.18. The normalized spacial score (nSPS) is 15.8. The molecule has 0 radical (unpaired) electrons. The zero-order chi connectivity index (χ0) is 23.6. The Kier molecular flexibility index (Phi) is 6.94. The Morgan fingerprint density at radius 1 is 1.22 bits per heavy atom. The first-order valence-electron chi connectivity index (χ1n) is 10.2. The van der Waals surface area contributed by atoms with Crippen LogP contribution >= 0.6 is 0 Å². The molecule has 2 atom stereocenters. The van der Waals surface area contributed by atoms with Crippen LogP contribution in [0.4, 0.5) is 13.2 Å². The summed E-state index contributed by atoms with van der Waals surface area (Å²) in [6, 6.07) is 2.56. The van der Waals surface area contributed by atoms with Crippen molar-refractivity contribution in [1.29, 1.82) is 0 Å². The molecule has 0 fully saturated rings. The zero-order valence-corrected chi connectivity index (χ0v) is 17.6. The molecule has 1 amide bonds. The van der Waals surface area contributed by atoms with E-state index in [1.165, 1.54) is 29.4 Å². The summed E-state index contributed by atoms with van der Waals surface area (Å²) in [5, 5.41) is 18.6. The molecule has 0 bridgehead atoms. The molecule has 0 saturated heterocycles. The summed E-state index contributed by atoms with van der Waals surface area (Å²) in [6.45, 7) is 2.90. The van der Waals surface area contributed by atoms with Crippen molar-refractivity contribution >= 4 is 11.7 Å². The molecule has 1 aliphatic heterocycles. The Morgan fingerprint density at radius 3 is 2.50 bits per heavy atom. The Balaban J connectivity index is 1.85. The maximum absolute atomic E-state index is 13.4. The minimum absolute atomic E-state index is 0.00992. The number of ketones is 1. The van der Waals surface area contributed by atoms with Crippen molar-refractivity contribution in [3.63, 3.8) is 0 Å². The number of aromatic nitrogens is 2. The third-order valence-corrected chi connectivity index (χ3v) is 5.34. The number of amides is 1. The van der Waals surface area contributed by atoms with Crippen LogP contribution in [-0.4, -0.2) is 49.4 Å². The fourth-order valence-electron chi connectivity index (χ4n) is 3.77. The maximum Gasteiger partial charge on any atom is 0.416 e. The minimum Gasteiger partial charge on any atom is -0.393 e. The highest BCUT2D eigenvalue weighted by atomic mass is 19.4. The van der Waals surface area contributed by atoms with E-state index in [4.69, 9.17) is 5.11 Å². The first-order valence-corrected chi connectivity index (χ1v) is 10.2. The number of benzene rings is 1. The number of fused-ring (bicyclic) bond motifs is 1. The van der Waals surface area contributed by atoms with Gasteiger partial charge in [0.25, 0.3) is 5.91 Å². The van der Waals surface area contributed by atoms with Gasteiger partial charge in [-0.3, -0.25) is 19.6 Å². The number of alkyl halides is 3. The number of carbonyl (C=O) groups is 2. The average Bonchev–Trinajstić information content (AvgIpc) is 3.07. The van der Waals surface area contributed by atoms with E-state index < -0.39 is 36.4 Å². The number of nitrogens with zero attached hydrogens (tertiary/aromatic N) is 3. The summed E-state index contributed by atoms with van der Waals surface area (Å²) in [7, 11) is 0. The lowest BCUT2D eigenvalue weighted by Gasteiger charge is -2.28. The maximum atomic E-state index is 13.4. The van der Waals surface area contributed by atoms with Crippen LogP contribution in [0.2, 0.25) is 0 Å². The van der Waals surface area contributed by atoms with Gasteiger partial charge in [-0.2, -0.15) is 13.2 Å². The lowest BCUT2D eigenvalue weighted by atomic mass is 9.96. The third-order valence-electron chi connectivity index (χ3n) is 5.34. The number of aliphatic hydroxyl groups is 2. The van der Waals surface area contributed by atoms with Gasteiger partial charge in [0.15, 0.2) is 5.78 Å². The van der Waals surface area contributed by atoms with Gasteiger partial charge in [0, 0.05) is 18.3 Å². The lowest BCUT2D eigenvalue weighted by Crippen LogP contribution is -2.43. The van der Waals surface area contributed by atoms with Crippen LogP contribution in [0.5, 0.6) is 0 Å². The second kappa shape index (κ2) is 9.33. The van der Waals surface area contributed by atoms with Gasteiger partial charge in [-0.15, -0.1) is 0 Å². The molecule has 7 nitrogen and oxygen atoms in total. The standard InChI is InChI=1S/C22H24F3N3O4/c1-12(2)6-18(19(30)7-13-8-27-17(9-26-13)20(31)11-29)28-10-15-14(21(28)32)4-3-5-16(15)22(23,24)25/h3-5,8-9,12,18,20,29,31H,6-7,10-11H2,1-2H3/t18-,20+/m0/s1. The fraction of sp³-hybridized carbons (Fsp3) is 0.455. The molecule has 1 aromatic heterocycles. The molecule has 1 aromatic carbocycles. The number of rotatable bonds is 8. The number of carbonyl (C=O) groups excluding carboxylic acids is 2. The summed E-state index contributed by atoms with van der Waals surface area (Å²) in [5.41, 5.74) is -0.590. The highest BCUT2D eigenvalue weighted by Crippen LogP contribution is 2.38. The Morgan fingerprint density at radius 2 is 1.94 bits per heavy atom. The molecule has 2 aromatic rings. The van der Waals surface area contributed by atoms with Gasteiger partial charge in [0.05, 0.1) is 42.2 Å². The van der Waals surface area contributed by atoms with Crippen molar-refractivity contribution in [2.45, 2.75) is 51.6 Å². The molecule has 3 rings (SSSR count). The first kappa shape index (κ1) is 23.8. The zero-order valence-electron chi connectivity index (χ0n) is 17.6. The number of hydrogen-bond acceptors (Lipinski definition) is 6. The molecule has 0 spiro atoms. The van der Waals surface area contributed by atoms with Crippen LogP contribution in [0.25, 0.3) is 0 Å².